The molecule has 0 radical (unpaired) electrons. The van der Waals surface area contributed by atoms with Crippen molar-refractivity contribution in [2.45, 2.75) is 4.90 Å². The summed E-state index contributed by atoms with van der Waals surface area (Å²) in [4.78, 5) is 11.5. The molecule has 0 heterocycles. The van der Waals surface area contributed by atoms with Crippen molar-refractivity contribution in [1.82, 2.24) is 4.72 Å². The normalized spacial score (nSPS) is 11.0. The maximum absolute atomic E-state index is 13.8. The fourth-order valence-corrected chi connectivity index (χ4v) is 3.10. The molecule has 0 fully saturated rings. The van der Waals surface area contributed by atoms with Gasteiger partial charge in [0.05, 0.1) is 14.2 Å². The number of nitrogens with one attached hydrogen (secondary N) is 1. The van der Waals surface area contributed by atoms with Gasteiger partial charge in [0.1, 0.15) is 10.7 Å². The van der Waals surface area contributed by atoms with Crippen molar-refractivity contribution >= 4 is 27.5 Å². The Bertz CT molecular complexity index is 885. The van der Waals surface area contributed by atoms with Crippen LogP contribution in [0.15, 0.2) is 41.3 Å². The summed E-state index contributed by atoms with van der Waals surface area (Å²) in [7, 11) is -1.60. The van der Waals surface area contributed by atoms with Gasteiger partial charge in [0.25, 0.3) is 15.9 Å². The Morgan fingerprint density at radius 3 is 2.33 bits per heavy atom. The number of sulfonamides is 1. The molecule has 9 heteroatoms. The van der Waals surface area contributed by atoms with Crippen LogP contribution in [-0.2, 0) is 10.0 Å². The van der Waals surface area contributed by atoms with Crippen molar-refractivity contribution in [3.05, 3.63) is 52.8 Å². The second-order valence-corrected chi connectivity index (χ2v) is 6.67. The summed E-state index contributed by atoms with van der Waals surface area (Å²) in [5.74, 6) is -1.37. The number of amides is 1. The van der Waals surface area contributed by atoms with Gasteiger partial charge in [-0.15, -0.1) is 0 Å². The van der Waals surface area contributed by atoms with Crippen LogP contribution in [0, 0.1) is 5.82 Å². The summed E-state index contributed by atoms with van der Waals surface area (Å²) in [6.45, 7) is 0. The van der Waals surface area contributed by atoms with Gasteiger partial charge in [0.2, 0.25) is 0 Å². The number of halogens is 2. The fourth-order valence-electron chi connectivity index (χ4n) is 1.91. The lowest BCUT2D eigenvalue weighted by Gasteiger charge is -2.11. The van der Waals surface area contributed by atoms with E-state index in [1.54, 1.807) is 4.72 Å². The third-order valence-corrected chi connectivity index (χ3v) is 4.66. The quantitative estimate of drug-likeness (QED) is 0.871. The van der Waals surface area contributed by atoms with Crippen molar-refractivity contribution in [3.63, 3.8) is 0 Å². The Balaban J connectivity index is 2.31. The summed E-state index contributed by atoms with van der Waals surface area (Å²) in [6, 6.07) is 7.13. The zero-order valence-corrected chi connectivity index (χ0v) is 14.2. The highest BCUT2D eigenvalue weighted by molar-refractivity contribution is 7.90. The van der Waals surface area contributed by atoms with Gasteiger partial charge in [-0.2, -0.15) is 0 Å². The first-order valence-electron chi connectivity index (χ1n) is 6.52. The van der Waals surface area contributed by atoms with Crippen LogP contribution in [0.4, 0.5) is 4.39 Å². The molecule has 0 aromatic heterocycles. The first-order valence-corrected chi connectivity index (χ1v) is 8.39. The molecule has 128 valence electrons. The largest absolute Gasteiger partial charge is 0.493 e. The maximum Gasteiger partial charge on any atom is 0.267 e. The molecule has 0 atom stereocenters. The smallest absolute Gasteiger partial charge is 0.267 e. The van der Waals surface area contributed by atoms with E-state index in [1.165, 1.54) is 38.5 Å². The van der Waals surface area contributed by atoms with Gasteiger partial charge in [-0.3, -0.25) is 4.79 Å². The molecule has 2 rings (SSSR count). The van der Waals surface area contributed by atoms with E-state index in [0.717, 1.165) is 12.1 Å². The van der Waals surface area contributed by atoms with E-state index in [0.29, 0.717) is 5.75 Å². The summed E-state index contributed by atoms with van der Waals surface area (Å²) in [5, 5.41) is 0.0395. The number of carbonyl (C=O) groups excluding carboxylic acids is 1. The summed E-state index contributed by atoms with van der Waals surface area (Å²) in [6.07, 6.45) is 0. The van der Waals surface area contributed by atoms with Gasteiger partial charge in [-0.1, -0.05) is 11.6 Å². The molecule has 0 unspecified atom stereocenters. The first kappa shape index (κ1) is 18.0. The molecule has 6 nitrogen and oxygen atoms in total. The number of hydrogen-bond acceptors (Lipinski definition) is 5. The summed E-state index contributed by atoms with van der Waals surface area (Å²) >= 11 is 5.58. The van der Waals surface area contributed by atoms with Crippen LogP contribution in [0.1, 0.15) is 10.4 Å². The molecule has 2 aromatic carbocycles. The SMILES string of the molecule is COc1ccc(C(=O)NS(=O)(=O)c2ccc(Cl)cc2F)cc1OC. The van der Waals surface area contributed by atoms with Crippen LogP contribution in [0.25, 0.3) is 0 Å². The molecule has 24 heavy (non-hydrogen) atoms. The number of hydrogen-bond donors (Lipinski definition) is 1. The van der Waals surface area contributed by atoms with E-state index in [1.807, 2.05) is 0 Å². The molecular formula is C15H13ClFNO5S. The van der Waals surface area contributed by atoms with E-state index in [9.17, 15) is 17.6 Å². The third kappa shape index (κ3) is 3.77. The van der Waals surface area contributed by atoms with Gasteiger partial charge < -0.3 is 9.47 Å². The predicted octanol–water partition coefficient (Wildman–Crippen LogP) is 2.62. The summed E-state index contributed by atoms with van der Waals surface area (Å²) in [5.41, 5.74) is 0.00518. The van der Waals surface area contributed by atoms with Crippen LogP contribution in [-0.4, -0.2) is 28.5 Å². The van der Waals surface area contributed by atoms with Crippen molar-refractivity contribution < 1.29 is 27.1 Å². The summed E-state index contributed by atoms with van der Waals surface area (Å²) < 4.78 is 49.9. The highest BCUT2D eigenvalue weighted by atomic mass is 35.5. The van der Waals surface area contributed by atoms with Gasteiger partial charge in [0, 0.05) is 10.6 Å². The molecule has 0 aliphatic rings. The van der Waals surface area contributed by atoms with Crippen LogP contribution >= 0.6 is 11.6 Å². The third-order valence-electron chi connectivity index (χ3n) is 3.06. The van der Waals surface area contributed by atoms with Gasteiger partial charge in [-0.25, -0.2) is 17.5 Å². The zero-order valence-electron chi connectivity index (χ0n) is 12.7. The molecule has 0 saturated carbocycles. The maximum atomic E-state index is 13.8. The topological polar surface area (TPSA) is 81.7 Å². The minimum atomic E-state index is -4.40. The molecule has 0 aliphatic carbocycles. The lowest BCUT2D eigenvalue weighted by molar-refractivity contribution is 0.0981. The Hall–Kier alpha value is -2.32. The van der Waals surface area contributed by atoms with E-state index >= 15 is 0 Å². The minimum absolute atomic E-state index is 0.00518. The van der Waals surface area contributed by atoms with E-state index in [2.05, 4.69) is 0 Å². The number of ether oxygens (including phenoxy) is 2. The standard InChI is InChI=1S/C15H13ClFNO5S/c1-22-12-5-3-9(7-13(12)23-2)15(19)18-24(20,21)14-6-4-10(16)8-11(14)17/h3-8H,1-2H3,(H,18,19). The van der Waals surface area contributed by atoms with Crippen molar-refractivity contribution in [1.29, 1.82) is 0 Å². The van der Waals surface area contributed by atoms with Gasteiger partial charge in [-0.05, 0) is 36.4 Å². The van der Waals surface area contributed by atoms with Crippen LogP contribution in [0.3, 0.4) is 0 Å². The molecule has 1 amide bonds. The van der Waals surface area contributed by atoms with Crippen molar-refractivity contribution in [2.75, 3.05) is 14.2 Å². The van der Waals surface area contributed by atoms with Crippen LogP contribution in [0.5, 0.6) is 11.5 Å². The molecule has 0 aliphatic heterocycles. The van der Waals surface area contributed by atoms with Crippen molar-refractivity contribution in [2.24, 2.45) is 0 Å². The minimum Gasteiger partial charge on any atom is -0.493 e. The van der Waals surface area contributed by atoms with Crippen LogP contribution in [0.2, 0.25) is 5.02 Å². The molecule has 1 N–H and O–H groups in total. The Labute approximate surface area is 143 Å². The second-order valence-electron chi connectivity index (χ2n) is 4.58. The highest BCUT2D eigenvalue weighted by Gasteiger charge is 2.23. The Morgan fingerprint density at radius 1 is 1.08 bits per heavy atom. The average molecular weight is 374 g/mol. The van der Waals surface area contributed by atoms with Crippen LogP contribution < -0.4 is 14.2 Å². The molecular weight excluding hydrogens is 361 g/mol. The second kappa shape index (κ2) is 7.06. The molecule has 0 saturated heterocycles. The Kier molecular flexibility index (Phi) is 5.30. The molecule has 2 aromatic rings. The number of methoxy groups -OCH3 is 2. The van der Waals surface area contributed by atoms with Crippen molar-refractivity contribution in [3.8, 4) is 11.5 Å². The monoisotopic (exact) mass is 373 g/mol. The number of rotatable bonds is 5. The average Bonchev–Trinajstić information content (AvgIpc) is 2.53. The first-order chi connectivity index (χ1) is 11.3. The molecule has 0 spiro atoms. The predicted molar refractivity (Wildman–Crippen MR) is 85.6 cm³/mol. The number of carbonyl (C=O) groups is 1. The highest BCUT2D eigenvalue weighted by Crippen LogP contribution is 2.27. The zero-order chi connectivity index (χ0) is 17.9. The van der Waals surface area contributed by atoms with E-state index < -0.39 is 26.6 Å². The lowest BCUT2D eigenvalue weighted by Crippen LogP contribution is -2.31. The van der Waals surface area contributed by atoms with Gasteiger partial charge in [0.15, 0.2) is 11.5 Å². The van der Waals surface area contributed by atoms with Gasteiger partial charge >= 0.3 is 0 Å². The van der Waals surface area contributed by atoms with E-state index in [-0.39, 0.29) is 16.3 Å². The molecule has 0 bridgehead atoms. The number of benzene rings is 2. The van der Waals surface area contributed by atoms with E-state index in [4.69, 9.17) is 21.1 Å². The Morgan fingerprint density at radius 2 is 1.75 bits per heavy atom. The lowest BCUT2D eigenvalue weighted by atomic mass is 10.2. The fraction of sp³-hybridized carbons (Fsp3) is 0.133.